The monoisotopic (exact) mass is 2690 g/mol. The Morgan fingerprint density at radius 1 is 0.356 bits per heavy atom. The van der Waals surface area contributed by atoms with Crippen LogP contribution in [-0.2, 0) is 115 Å². The van der Waals surface area contributed by atoms with Gasteiger partial charge in [-0.05, 0) is 162 Å². The summed E-state index contributed by atoms with van der Waals surface area (Å²) in [7, 11) is 3.77. The summed E-state index contributed by atoms with van der Waals surface area (Å²) in [6.45, 7) is 28.6. The molecule has 0 aliphatic heterocycles. The van der Waals surface area contributed by atoms with Crippen molar-refractivity contribution in [3.05, 3.63) is 312 Å². The maximum Gasteiger partial charge on any atom is 0.181 e. The van der Waals surface area contributed by atoms with E-state index in [0.29, 0.717) is 115 Å². The predicted molar refractivity (Wildman–Crippen MR) is 499 cm³/mol. The number of para-hydroxylation sites is 3. The number of oxazole rings is 3. The molecule has 0 aliphatic carbocycles. The molecule has 35 heteroatoms. The molecule has 135 heavy (non-hydrogen) atoms. The first-order chi connectivity index (χ1) is 63.0. The van der Waals surface area contributed by atoms with Crippen LogP contribution < -0.4 is 0 Å². The number of rotatable bonds is 14. The number of fused-ring (bicyclic) bond motifs is 5. The van der Waals surface area contributed by atoms with Gasteiger partial charge in [0.1, 0.15) is 48.1 Å². The Bertz CT molecular complexity index is 7780. The van der Waals surface area contributed by atoms with Crippen LogP contribution in [0.1, 0.15) is 107 Å². The fourth-order valence-corrected chi connectivity index (χ4v) is 16.6. The van der Waals surface area contributed by atoms with Crippen molar-refractivity contribution in [1.29, 1.82) is 0 Å². The van der Waals surface area contributed by atoms with Crippen LogP contribution in [0, 0.1) is 99.8 Å². The summed E-state index contributed by atoms with van der Waals surface area (Å²) in [5.41, 5.74) is 27.2. The molecule has 22 rings (SSSR count). The number of hydrogen-bond acceptors (Lipinski definition) is 24. The SMILES string of the molecule is Cc1nc2cc(-c3nnc(C)n3-c3c(C(C)C)cccc3C(C)C)[c-]cc2s1.Cc1nc2cc(-c3nncn3-c3c(C)cccc3C)[c-]nc2o1.Cc1nc2n[c-]c(-c3nncn3-c3c(-c4ccccc4)cccc3-c3ccccc3)nc2n1C.Cc1nc2nc(-c3nncn3-c3c(C)cc(-c4ccccc4)cc3C)[c-]cc2o1.Cc1nc2nc(-c3nncn3C)[c-]cc2o1.[Ir].[Ir].[Ir].[Ir].[Ir]. The van der Waals surface area contributed by atoms with E-state index in [1.54, 1.807) is 74.1 Å². The van der Waals surface area contributed by atoms with Gasteiger partial charge in [-0.25, -0.2) is 15.0 Å². The molecule has 29 nitrogen and oxygen atoms in total. The number of aromatic nitrogens is 26. The van der Waals surface area contributed by atoms with Gasteiger partial charge in [-0.15, -0.1) is 64.3 Å². The normalized spacial score (nSPS) is 10.9. The maximum atomic E-state index is 5.50. The van der Waals surface area contributed by atoms with Gasteiger partial charge < -0.3 is 50.6 Å². The number of imidazole rings is 1. The molecule has 689 valence electrons. The van der Waals surface area contributed by atoms with E-state index in [9.17, 15) is 0 Å². The van der Waals surface area contributed by atoms with E-state index in [0.717, 1.165) is 105 Å². The summed E-state index contributed by atoms with van der Waals surface area (Å²) < 4.78 is 29.1. The molecule has 0 N–H and O–H groups in total. The molecule has 14 aromatic heterocycles. The minimum absolute atomic E-state index is 0. The average molecular weight is 2690 g/mol. The van der Waals surface area contributed by atoms with Gasteiger partial charge in [-0.3, -0.25) is 24.9 Å². The van der Waals surface area contributed by atoms with Crippen molar-refractivity contribution in [3.63, 3.8) is 0 Å². The second-order valence-electron chi connectivity index (χ2n) is 31.8. The van der Waals surface area contributed by atoms with Crippen LogP contribution in [0.5, 0.6) is 0 Å². The molecule has 5 radical (unpaired) electrons. The third-order valence-electron chi connectivity index (χ3n) is 21.9. The minimum Gasteiger partial charge on any atom is -0.501 e. The van der Waals surface area contributed by atoms with E-state index in [4.69, 9.17) is 18.2 Å². The first-order valence-corrected chi connectivity index (χ1v) is 42.8. The second kappa shape index (κ2) is 43.1. The standard InChI is InChI=1S/C27H20N7.C23H18N5O.C23H25N4S.C17H14N5O.C10H8N5O.5Ir/c1-18-30-25-27(33(18)2)31-23(16-28-25)26-32-29-17-34(26)24-21(19-10-5-3-6-11-19)14-9-15-22(24)20-12-7-4-8-13-20;1-14-11-18(17-7-5-4-6-8-17)12-15(2)21(14)28-13-24-27-23(28)19-9-10-20-22(26-19)25-16(3)29-20;1-13(2)18-8-7-9-19(14(3)4)22(18)27-15(5)25-26-23(27)17-10-11-21-20(12-17)24-16(6)28-21;1-10-5-4-6-11(2)15(10)22-9-19-21-16(22)13-7-14-17(18-8-13)23-12(3)20-14;1-6-12-9-8(16-6)4-3-7(13-9)10-14-11-5-15(10)2;;;;;/h3-15,17H,1-2H3;4-8,10-13H,1-3H3;7-9,11-14H,1-6H3;4-7,9H,1-3H3;4-5H,1-2H3;;;;;/q5*-1;;;;;. The van der Waals surface area contributed by atoms with Crippen LogP contribution >= 0.6 is 11.3 Å². The zero-order chi connectivity index (χ0) is 90.1. The van der Waals surface area contributed by atoms with Gasteiger partial charge in [0, 0.05) is 175 Å². The molecule has 0 unspecified atom stereocenters. The van der Waals surface area contributed by atoms with Crippen LogP contribution in [0.15, 0.2) is 227 Å². The van der Waals surface area contributed by atoms with E-state index in [1.807, 2.05) is 114 Å². The van der Waals surface area contributed by atoms with Crippen molar-refractivity contribution in [2.45, 2.75) is 109 Å². The van der Waals surface area contributed by atoms with E-state index < -0.39 is 0 Å². The van der Waals surface area contributed by atoms with Crippen LogP contribution in [0.3, 0.4) is 0 Å². The fourth-order valence-electron chi connectivity index (χ4n) is 15.8. The third-order valence-corrected chi connectivity index (χ3v) is 22.8. The molecule has 0 aliphatic rings. The Kier molecular flexibility index (Phi) is 31.8. The molecule has 0 fully saturated rings. The molecular weight excluding hydrogens is 2610 g/mol. The summed E-state index contributed by atoms with van der Waals surface area (Å²) in [6.07, 6.45) is 12.7. The second-order valence-corrected chi connectivity index (χ2v) is 33.0. The molecule has 14 heterocycles. The molecule has 0 saturated heterocycles. The Morgan fingerprint density at radius 3 is 1.42 bits per heavy atom. The summed E-state index contributed by atoms with van der Waals surface area (Å²) in [6, 6.07) is 73.4. The number of aryl methyl sites for hydroxylation is 12. The minimum atomic E-state index is 0. The summed E-state index contributed by atoms with van der Waals surface area (Å²) in [4.78, 5) is 44.1. The summed E-state index contributed by atoms with van der Waals surface area (Å²) in [5.74, 6) is 7.59. The van der Waals surface area contributed by atoms with Crippen molar-refractivity contribution in [1.82, 2.24) is 128 Å². The number of thiazole rings is 1. The molecule has 0 amide bonds. The van der Waals surface area contributed by atoms with Crippen molar-refractivity contribution < 1.29 is 114 Å². The van der Waals surface area contributed by atoms with Gasteiger partial charge in [-0.1, -0.05) is 179 Å². The topological polar surface area (TPSA) is 327 Å². The molecule has 0 atom stereocenters. The molecule has 22 aromatic rings. The molecule has 0 bridgehead atoms. The Labute approximate surface area is 849 Å². The van der Waals surface area contributed by atoms with Crippen LogP contribution in [0.4, 0.5) is 0 Å². The van der Waals surface area contributed by atoms with Crippen LogP contribution in [0.25, 0.3) is 169 Å². The maximum absolute atomic E-state index is 5.50. The predicted octanol–water partition coefficient (Wildman–Crippen LogP) is 20.4. The van der Waals surface area contributed by atoms with Gasteiger partial charge in [0.2, 0.25) is 0 Å². The van der Waals surface area contributed by atoms with E-state index in [-0.39, 0.29) is 101 Å². The zero-order valence-corrected chi connectivity index (χ0v) is 88.6. The van der Waals surface area contributed by atoms with Gasteiger partial charge >= 0.3 is 0 Å². The van der Waals surface area contributed by atoms with Crippen LogP contribution in [0.2, 0.25) is 0 Å². The molecule has 0 spiro atoms. The summed E-state index contributed by atoms with van der Waals surface area (Å²) in [5, 5.41) is 43.2. The van der Waals surface area contributed by atoms with Crippen LogP contribution in [-0.4, -0.2) is 128 Å². The molecule has 8 aromatic carbocycles. The molecular formula is C100H85Ir5N26O3S-5. The van der Waals surface area contributed by atoms with Gasteiger partial charge in [-0.2, -0.15) is 52.1 Å². The first kappa shape index (κ1) is 99.5. The van der Waals surface area contributed by atoms with Crippen molar-refractivity contribution in [3.8, 4) is 113 Å². The molecule has 0 saturated carbocycles. The number of pyridine rings is 3. The number of benzene rings is 8. The Morgan fingerprint density at radius 2 is 0.852 bits per heavy atom. The van der Waals surface area contributed by atoms with Crippen molar-refractivity contribution >= 4 is 66.5 Å². The fraction of sp³-hybridized carbons (Fsp3) is 0.180. The van der Waals surface area contributed by atoms with Gasteiger partial charge in [0.05, 0.1) is 62.5 Å². The van der Waals surface area contributed by atoms with Crippen molar-refractivity contribution in [2.75, 3.05) is 0 Å². The third kappa shape index (κ3) is 20.8. The quantitative estimate of drug-likeness (QED) is 0.0913. The largest absolute Gasteiger partial charge is 0.501 e. The smallest absolute Gasteiger partial charge is 0.181 e. The van der Waals surface area contributed by atoms with E-state index in [2.05, 4.69) is 302 Å². The Hall–Kier alpha value is -13.0. The van der Waals surface area contributed by atoms with E-state index in [1.165, 1.54) is 27.9 Å². The van der Waals surface area contributed by atoms with Crippen molar-refractivity contribution in [2.24, 2.45) is 14.1 Å². The zero-order valence-electron chi connectivity index (χ0n) is 75.8. The Balaban J connectivity index is 0.000000144. The van der Waals surface area contributed by atoms with Gasteiger partial charge in [0.15, 0.2) is 23.4 Å². The summed E-state index contributed by atoms with van der Waals surface area (Å²) >= 11 is 1.69. The van der Waals surface area contributed by atoms with Gasteiger partial charge in [0.25, 0.3) is 0 Å². The number of nitrogens with zero attached hydrogens (tertiary/aromatic N) is 26. The average Bonchev–Trinajstić information content (AvgIpc) is 1.64. The first-order valence-electron chi connectivity index (χ1n) is 42.0. The van der Waals surface area contributed by atoms with E-state index >= 15 is 0 Å². The number of hydrogen-bond donors (Lipinski definition) is 0.